The number of rotatable bonds is 6. The molecule has 8 heteroatoms. The van der Waals surface area contributed by atoms with Crippen molar-refractivity contribution in [2.24, 2.45) is 0 Å². The van der Waals surface area contributed by atoms with E-state index >= 15 is 0 Å². The van der Waals surface area contributed by atoms with Crippen molar-refractivity contribution >= 4 is 17.3 Å². The largest absolute Gasteiger partial charge is 0.454 e. The zero-order valence-corrected chi connectivity index (χ0v) is 18.6. The van der Waals surface area contributed by atoms with Gasteiger partial charge in [0.25, 0.3) is 0 Å². The number of aromatic nitrogens is 2. The molecule has 2 N–H and O–H groups in total. The lowest BCUT2D eigenvalue weighted by atomic mass is 10.0. The Labute approximate surface area is 195 Å². The summed E-state index contributed by atoms with van der Waals surface area (Å²) in [7, 11) is 1.72. The number of carbonyl (C=O) groups is 1. The lowest BCUT2D eigenvalue weighted by Gasteiger charge is -2.14. The molecule has 0 saturated heterocycles. The van der Waals surface area contributed by atoms with Gasteiger partial charge in [0.2, 0.25) is 0 Å². The van der Waals surface area contributed by atoms with Gasteiger partial charge in [-0.1, -0.05) is 12.1 Å². The van der Waals surface area contributed by atoms with Crippen LogP contribution in [-0.2, 0) is 6.42 Å². The van der Waals surface area contributed by atoms with Gasteiger partial charge >= 0.3 is 0 Å². The zero-order valence-electron chi connectivity index (χ0n) is 18.6. The van der Waals surface area contributed by atoms with E-state index in [4.69, 9.17) is 4.74 Å². The Hall–Kier alpha value is -4.20. The number of aryl methyl sites for hydroxylation is 1. The molecule has 3 aromatic carbocycles. The Kier molecular flexibility index (Phi) is 5.49. The maximum Gasteiger partial charge on any atom is 0.190 e. The van der Waals surface area contributed by atoms with Crippen LogP contribution in [0.5, 0.6) is 11.5 Å². The standard InChI is InChI=1S/C26H22F2N4O2/c1-15-11-18(34-24-6-4-3-5-20(24)28)8-10-23(15)32-26(29-2)19(14-30-32)25(33)22-13-16-12-17(27)7-9-21(16)31-22/h3-12,14,22,29,31H,13H2,1-2H3. The Balaban J connectivity index is 1.41. The minimum absolute atomic E-state index is 0.135. The molecule has 172 valence electrons. The fourth-order valence-corrected chi connectivity index (χ4v) is 4.21. The van der Waals surface area contributed by atoms with Crippen LogP contribution < -0.4 is 15.4 Å². The van der Waals surface area contributed by atoms with Crippen LogP contribution >= 0.6 is 0 Å². The number of carbonyl (C=O) groups excluding carboxylic acids is 1. The average Bonchev–Trinajstić information content (AvgIpc) is 3.44. The summed E-state index contributed by atoms with van der Waals surface area (Å²) < 4.78 is 34.8. The minimum atomic E-state index is -0.501. The van der Waals surface area contributed by atoms with E-state index in [0.29, 0.717) is 23.6 Å². The van der Waals surface area contributed by atoms with Crippen LogP contribution in [0.4, 0.5) is 20.3 Å². The molecule has 5 rings (SSSR count). The Bertz CT molecular complexity index is 1400. The first-order valence-electron chi connectivity index (χ1n) is 10.8. The number of hydrogen-bond acceptors (Lipinski definition) is 5. The first-order chi connectivity index (χ1) is 16.4. The molecular formula is C26H22F2N4O2. The summed E-state index contributed by atoms with van der Waals surface area (Å²) in [6.45, 7) is 1.88. The smallest absolute Gasteiger partial charge is 0.190 e. The summed E-state index contributed by atoms with van der Waals surface area (Å²) in [5, 5.41) is 10.7. The summed E-state index contributed by atoms with van der Waals surface area (Å²) in [6.07, 6.45) is 1.93. The van der Waals surface area contributed by atoms with E-state index in [2.05, 4.69) is 15.7 Å². The van der Waals surface area contributed by atoms with Gasteiger partial charge in [0, 0.05) is 19.2 Å². The van der Waals surface area contributed by atoms with Crippen LogP contribution in [0.15, 0.2) is 66.9 Å². The van der Waals surface area contributed by atoms with Crippen LogP contribution in [0.2, 0.25) is 0 Å². The third kappa shape index (κ3) is 3.87. The molecule has 1 atom stereocenters. The second-order valence-corrected chi connectivity index (χ2v) is 8.12. The van der Waals surface area contributed by atoms with Crippen LogP contribution in [0, 0.1) is 18.6 Å². The van der Waals surface area contributed by atoms with Crippen molar-refractivity contribution in [1.29, 1.82) is 0 Å². The molecule has 0 amide bonds. The molecule has 34 heavy (non-hydrogen) atoms. The van der Waals surface area contributed by atoms with Gasteiger partial charge in [-0.05, 0) is 66.6 Å². The van der Waals surface area contributed by atoms with Crippen molar-refractivity contribution in [2.45, 2.75) is 19.4 Å². The highest BCUT2D eigenvalue weighted by Gasteiger charge is 2.31. The normalized spacial score (nSPS) is 14.4. The highest BCUT2D eigenvalue weighted by molar-refractivity contribution is 6.06. The summed E-state index contributed by atoms with van der Waals surface area (Å²) in [6, 6.07) is 15.5. The van der Waals surface area contributed by atoms with Gasteiger partial charge < -0.3 is 15.4 Å². The fourth-order valence-electron chi connectivity index (χ4n) is 4.21. The van der Waals surface area contributed by atoms with Gasteiger partial charge in [0.15, 0.2) is 17.3 Å². The van der Waals surface area contributed by atoms with E-state index < -0.39 is 11.9 Å². The number of halogens is 2. The van der Waals surface area contributed by atoms with Crippen LogP contribution in [0.1, 0.15) is 21.5 Å². The van der Waals surface area contributed by atoms with Gasteiger partial charge in [-0.2, -0.15) is 5.10 Å². The van der Waals surface area contributed by atoms with Crippen molar-refractivity contribution in [1.82, 2.24) is 9.78 Å². The highest BCUT2D eigenvalue weighted by atomic mass is 19.1. The van der Waals surface area contributed by atoms with Gasteiger partial charge in [-0.15, -0.1) is 0 Å². The lowest BCUT2D eigenvalue weighted by molar-refractivity contribution is 0.0972. The lowest BCUT2D eigenvalue weighted by Crippen LogP contribution is -2.27. The van der Waals surface area contributed by atoms with Gasteiger partial charge in [0.05, 0.1) is 23.5 Å². The number of benzene rings is 3. The van der Waals surface area contributed by atoms with Gasteiger partial charge in [0.1, 0.15) is 17.4 Å². The van der Waals surface area contributed by atoms with Crippen molar-refractivity contribution in [3.8, 4) is 17.2 Å². The number of nitrogens with one attached hydrogen (secondary N) is 2. The summed E-state index contributed by atoms with van der Waals surface area (Å²) >= 11 is 0. The second-order valence-electron chi connectivity index (χ2n) is 8.12. The molecule has 4 aromatic rings. The van der Waals surface area contributed by atoms with Crippen LogP contribution in [0.25, 0.3) is 5.69 Å². The Morgan fingerprint density at radius 1 is 1.15 bits per heavy atom. The number of hydrogen-bond donors (Lipinski definition) is 2. The van der Waals surface area contributed by atoms with Crippen molar-refractivity contribution in [3.05, 3.63) is 95.2 Å². The summed E-state index contributed by atoms with van der Waals surface area (Å²) in [5.74, 6) is 0.269. The van der Waals surface area contributed by atoms with E-state index in [1.165, 1.54) is 24.4 Å². The number of para-hydroxylation sites is 1. The van der Waals surface area contributed by atoms with E-state index in [9.17, 15) is 13.6 Å². The minimum Gasteiger partial charge on any atom is -0.454 e. The molecule has 0 aliphatic carbocycles. The molecule has 0 radical (unpaired) electrons. The van der Waals surface area contributed by atoms with Crippen molar-refractivity contribution in [3.63, 3.8) is 0 Å². The van der Waals surface area contributed by atoms with Gasteiger partial charge in [-0.25, -0.2) is 13.5 Å². The van der Waals surface area contributed by atoms with Crippen LogP contribution in [-0.4, -0.2) is 28.7 Å². The summed E-state index contributed by atoms with van der Waals surface area (Å²) in [5.41, 5.74) is 3.54. The second kappa shape index (κ2) is 8.62. The van der Waals surface area contributed by atoms with Crippen molar-refractivity contribution in [2.75, 3.05) is 17.7 Å². The monoisotopic (exact) mass is 460 g/mol. The summed E-state index contributed by atoms with van der Waals surface area (Å²) in [4.78, 5) is 13.3. The SMILES string of the molecule is CNc1c(C(=O)C2Cc3cc(F)ccc3N2)cnn1-c1ccc(Oc2ccccc2F)cc1C. The molecule has 1 aromatic heterocycles. The Morgan fingerprint density at radius 2 is 1.97 bits per heavy atom. The van der Waals surface area contributed by atoms with E-state index in [1.54, 1.807) is 54.2 Å². The third-order valence-corrected chi connectivity index (χ3v) is 5.87. The number of nitrogens with zero attached hydrogens (tertiary/aromatic N) is 2. The number of Topliss-reactive ketones (excluding diaryl/α,β-unsaturated/α-hetero) is 1. The maximum absolute atomic E-state index is 13.9. The molecular weight excluding hydrogens is 438 g/mol. The van der Waals surface area contributed by atoms with Gasteiger partial charge in [-0.3, -0.25) is 4.79 Å². The molecule has 6 nitrogen and oxygen atoms in total. The molecule has 0 fully saturated rings. The van der Waals surface area contributed by atoms with Crippen molar-refractivity contribution < 1.29 is 18.3 Å². The van der Waals surface area contributed by atoms with E-state index in [-0.39, 0.29) is 17.3 Å². The molecule has 1 aliphatic rings. The first kappa shape index (κ1) is 21.6. The first-order valence-corrected chi connectivity index (χ1v) is 10.8. The predicted octanol–water partition coefficient (Wildman–Crippen LogP) is 5.51. The maximum atomic E-state index is 13.9. The van der Waals surface area contributed by atoms with E-state index in [0.717, 1.165) is 22.5 Å². The predicted molar refractivity (Wildman–Crippen MR) is 126 cm³/mol. The molecule has 0 bridgehead atoms. The number of fused-ring (bicyclic) bond motifs is 1. The number of ketones is 1. The zero-order chi connectivity index (χ0) is 23.8. The quantitative estimate of drug-likeness (QED) is 0.371. The molecule has 2 heterocycles. The molecule has 0 spiro atoms. The molecule has 1 unspecified atom stereocenters. The number of ether oxygens (including phenoxy) is 1. The van der Waals surface area contributed by atoms with Crippen LogP contribution in [0.3, 0.4) is 0 Å². The highest BCUT2D eigenvalue weighted by Crippen LogP contribution is 2.32. The molecule has 1 aliphatic heterocycles. The van der Waals surface area contributed by atoms with E-state index in [1.807, 2.05) is 6.92 Å². The Morgan fingerprint density at radius 3 is 2.74 bits per heavy atom. The molecule has 0 saturated carbocycles. The average molecular weight is 460 g/mol. The number of anilines is 2. The topological polar surface area (TPSA) is 68.2 Å². The fraction of sp³-hybridized carbons (Fsp3) is 0.154. The third-order valence-electron chi connectivity index (χ3n) is 5.87.